The van der Waals surface area contributed by atoms with Crippen LogP contribution in [0.15, 0.2) is 60.0 Å². The number of nitrogen functional groups attached to an aromatic ring is 1. The first-order valence-corrected chi connectivity index (χ1v) is 10.9. The van der Waals surface area contributed by atoms with Gasteiger partial charge in [-0.25, -0.2) is 4.98 Å². The van der Waals surface area contributed by atoms with Crippen molar-refractivity contribution >= 4 is 28.1 Å². The highest BCUT2D eigenvalue weighted by Crippen LogP contribution is 2.25. The van der Waals surface area contributed by atoms with E-state index in [0.29, 0.717) is 17.4 Å². The molecule has 8 heteroatoms. The number of nitrogens with one attached hydrogen (secondary N) is 2. The van der Waals surface area contributed by atoms with Crippen LogP contribution in [0.3, 0.4) is 0 Å². The summed E-state index contributed by atoms with van der Waals surface area (Å²) in [6.07, 6.45) is 1.05. The van der Waals surface area contributed by atoms with E-state index in [4.69, 9.17) is 15.2 Å². The molecule has 1 heterocycles. The second-order valence-corrected chi connectivity index (χ2v) is 7.94. The summed E-state index contributed by atoms with van der Waals surface area (Å²) in [5.74, 6) is -0.937. The fraction of sp³-hybridized carbons (Fsp3) is 0.304. The topological polar surface area (TPSA) is 98.5 Å². The van der Waals surface area contributed by atoms with Crippen LogP contribution in [0.1, 0.15) is 16.8 Å². The zero-order valence-corrected chi connectivity index (χ0v) is 18.6. The number of aromatic nitrogens is 1. The molecule has 0 fully saturated rings. The lowest BCUT2D eigenvalue weighted by atomic mass is 10.1. The summed E-state index contributed by atoms with van der Waals surface area (Å²) in [4.78, 5) is 16.2. The van der Waals surface area contributed by atoms with Crippen molar-refractivity contribution < 1.29 is 14.3 Å². The molecule has 3 aromatic rings. The molecule has 1 aromatic heterocycles. The number of hydrogen-bond acceptors (Lipinski definition) is 7. The van der Waals surface area contributed by atoms with Crippen LogP contribution < -0.4 is 16.4 Å². The van der Waals surface area contributed by atoms with Crippen molar-refractivity contribution in [1.82, 2.24) is 10.3 Å². The van der Waals surface area contributed by atoms with Gasteiger partial charge in [-0.1, -0.05) is 42.5 Å². The number of carbonyl (C=O) groups excluding carboxylic acids is 1. The minimum Gasteiger partial charge on any atom is -0.375 e. The van der Waals surface area contributed by atoms with Crippen molar-refractivity contribution in [3.63, 3.8) is 0 Å². The standard InChI is InChI=1S/C23H28N4O3S/c1-29-23(30-2,18-6-4-3-5-7-18)16-25-13-12-17-8-10-19(11-9-17)26-21(28)14-20-15-31-22(24)27-20/h3-11,15,25H,12-14,16H2,1-2H3,(H2,24,27)(H,26,28). The first-order chi connectivity index (χ1) is 15.0. The van der Waals surface area contributed by atoms with Crippen LogP contribution in [-0.2, 0) is 32.9 Å². The van der Waals surface area contributed by atoms with E-state index >= 15 is 0 Å². The number of nitrogens with two attached hydrogens (primary N) is 1. The van der Waals surface area contributed by atoms with Gasteiger partial charge in [0.25, 0.3) is 0 Å². The molecular weight excluding hydrogens is 412 g/mol. The van der Waals surface area contributed by atoms with Gasteiger partial charge < -0.3 is 25.8 Å². The molecule has 31 heavy (non-hydrogen) atoms. The van der Waals surface area contributed by atoms with Crippen LogP contribution in [0.25, 0.3) is 0 Å². The maximum absolute atomic E-state index is 12.1. The number of methoxy groups -OCH3 is 2. The van der Waals surface area contributed by atoms with E-state index in [0.717, 1.165) is 29.8 Å². The predicted molar refractivity (Wildman–Crippen MR) is 124 cm³/mol. The van der Waals surface area contributed by atoms with Crippen LogP contribution in [0, 0.1) is 0 Å². The van der Waals surface area contributed by atoms with Crippen LogP contribution in [-0.4, -0.2) is 38.2 Å². The van der Waals surface area contributed by atoms with Crippen LogP contribution in [0.5, 0.6) is 0 Å². The largest absolute Gasteiger partial charge is 0.375 e. The number of anilines is 2. The number of rotatable bonds is 11. The Hall–Kier alpha value is -2.78. The van der Waals surface area contributed by atoms with Crippen LogP contribution >= 0.6 is 11.3 Å². The lowest BCUT2D eigenvalue weighted by Gasteiger charge is -2.31. The molecule has 2 aromatic carbocycles. The van der Waals surface area contributed by atoms with Crippen molar-refractivity contribution in [2.45, 2.75) is 18.6 Å². The average Bonchev–Trinajstić information content (AvgIpc) is 3.20. The molecule has 0 atom stereocenters. The number of nitrogens with zero attached hydrogens (tertiary/aromatic N) is 1. The van der Waals surface area contributed by atoms with E-state index in [1.807, 2.05) is 54.6 Å². The van der Waals surface area contributed by atoms with E-state index in [1.165, 1.54) is 11.3 Å². The Kier molecular flexibility index (Phi) is 8.13. The third-order valence-electron chi connectivity index (χ3n) is 4.97. The molecule has 4 N–H and O–H groups in total. The molecule has 0 radical (unpaired) electrons. The quantitative estimate of drug-likeness (QED) is 0.313. The molecule has 0 spiro atoms. The molecular formula is C23H28N4O3S. The van der Waals surface area contributed by atoms with Gasteiger partial charge in [0.1, 0.15) is 0 Å². The lowest BCUT2D eigenvalue weighted by molar-refractivity contribution is -0.212. The SMILES string of the molecule is COC(CNCCc1ccc(NC(=O)Cc2csc(N)n2)cc1)(OC)c1ccccc1. The lowest BCUT2D eigenvalue weighted by Crippen LogP contribution is -2.42. The monoisotopic (exact) mass is 440 g/mol. The molecule has 0 aliphatic carbocycles. The highest BCUT2D eigenvalue weighted by atomic mass is 32.1. The summed E-state index contributed by atoms with van der Waals surface area (Å²) >= 11 is 1.33. The van der Waals surface area contributed by atoms with Crippen LogP contribution in [0.4, 0.5) is 10.8 Å². The number of benzene rings is 2. The van der Waals surface area contributed by atoms with E-state index in [9.17, 15) is 4.79 Å². The number of thiazole rings is 1. The molecule has 0 unspecified atom stereocenters. The van der Waals surface area contributed by atoms with Gasteiger partial charge in [-0.15, -0.1) is 11.3 Å². The molecule has 0 saturated heterocycles. The molecule has 0 aliphatic heterocycles. The van der Waals surface area contributed by atoms with Gasteiger partial charge in [0.2, 0.25) is 11.7 Å². The van der Waals surface area contributed by atoms with Gasteiger partial charge in [-0.2, -0.15) is 0 Å². The summed E-state index contributed by atoms with van der Waals surface area (Å²) in [5.41, 5.74) is 9.17. The van der Waals surface area contributed by atoms with Gasteiger partial charge in [0.15, 0.2) is 5.13 Å². The maximum atomic E-state index is 12.1. The fourth-order valence-corrected chi connectivity index (χ4v) is 3.83. The number of amides is 1. The minimum absolute atomic E-state index is 0.115. The maximum Gasteiger partial charge on any atom is 0.230 e. The fourth-order valence-electron chi connectivity index (χ4n) is 3.27. The molecule has 0 bridgehead atoms. The summed E-state index contributed by atoms with van der Waals surface area (Å²) in [6.45, 7) is 1.29. The molecule has 7 nitrogen and oxygen atoms in total. The van der Waals surface area contributed by atoms with E-state index < -0.39 is 5.79 Å². The van der Waals surface area contributed by atoms with Crippen molar-refractivity contribution in [3.05, 3.63) is 76.8 Å². The van der Waals surface area contributed by atoms with Crippen molar-refractivity contribution in [2.75, 3.05) is 38.4 Å². The Bertz CT molecular complexity index is 956. The Morgan fingerprint density at radius 1 is 1.10 bits per heavy atom. The van der Waals surface area contributed by atoms with Gasteiger partial charge in [-0.05, 0) is 30.7 Å². The summed E-state index contributed by atoms with van der Waals surface area (Å²) in [5, 5.41) is 8.57. The van der Waals surface area contributed by atoms with Gasteiger partial charge >= 0.3 is 0 Å². The molecule has 1 amide bonds. The molecule has 0 saturated carbocycles. The zero-order valence-electron chi connectivity index (χ0n) is 17.8. The minimum atomic E-state index is -0.822. The second kappa shape index (κ2) is 11.0. The van der Waals surface area contributed by atoms with Gasteiger partial charge in [0.05, 0.1) is 18.7 Å². The first-order valence-electron chi connectivity index (χ1n) is 10.00. The highest BCUT2D eigenvalue weighted by molar-refractivity contribution is 7.13. The average molecular weight is 441 g/mol. The third-order valence-corrected chi connectivity index (χ3v) is 5.69. The smallest absolute Gasteiger partial charge is 0.230 e. The number of carbonyl (C=O) groups is 1. The van der Waals surface area contributed by atoms with E-state index in [1.54, 1.807) is 19.6 Å². The second-order valence-electron chi connectivity index (χ2n) is 7.05. The summed E-state index contributed by atoms with van der Waals surface area (Å²) < 4.78 is 11.4. The van der Waals surface area contributed by atoms with Crippen LogP contribution in [0.2, 0.25) is 0 Å². The molecule has 3 rings (SSSR count). The first kappa shape index (κ1) is 22.9. The number of ether oxygens (including phenoxy) is 2. The Morgan fingerprint density at radius 2 is 1.81 bits per heavy atom. The molecule has 0 aliphatic rings. The van der Waals surface area contributed by atoms with Gasteiger partial charge in [0, 0.05) is 30.9 Å². The zero-order chi connectivity index (χ0) is 22.1. The molecule has 164 valence electrons. The van der Waals surface area contributed by atoms with Gasteiger partial charge in [-0.3, -0.25) is 4.79 Å². The highest BCUT2D eigenvalue weighted by Gasteiger charge is 2.31. The predicted octanol–water partition coefficient (Wildman–Crippen LogP) is 3.18. The summed E-state index contributed by atoms with van der Waals surface area (Å²) in [7, 11) is 3.29. The Labute approximate surface area is 186 Å². The third kappa shape index (κ3) is 6.35. The van der Waals surface area contributed by atoms with Crippen molar-refractivity contribution in [2.24, 2.45) is 0 Å². The summed E-state index contributed by atoms with van der Waals surface area (Å²) in [6, 6.07) is 17.7. The Morgan fingerprint density at radius 3 is 2.42 bits per heavy atom. The van der Waals surface area contributed by atoms with E-state index in [2.05, 4.69) is 15.6 Å². The number of hydrogen-bond donors (Lipinski definition) is 3. The normalized spacial score (nSPS) is 11.4. The van der Waals surface area contributed by atoms with E-state index in [-0.39, 0.29) is 12.3 Å². The van der Waals surface area contributed by atoms with Crippen molar-refractivity contribution in [1.29, 1.82) is 0 Å². The Balaban J connectivity index is 1.46. The van der Waals surface area contributed by atoms with Crippen molar-refractivity contribution in [3.8, 4) is 0 Å².